The second kappa shape index (κ2) is 2.59. The van der Waals surface area contributed by atoms with Crippen molar-refractivity contribution in [3.8, 4) is 0 Å². The Bertz CT molecular complexity index is 170. The van der Waals surface area contributed by atoms with Crippen LogP contribution < -0.4 is 5.73 Å². The van der Waals surface area contributed by atoms with Crippen LogP contribution in [0.2, 0.25) is 0 Å². The van der Waals surface area contributed by atoms with E-state index in [1.54, 1.807) is 0 Å². The van der Waals surface area contributed by atoms with Gasteiger partial charge in [-0.15, -0.1) is 0 Å². The lowest BCUT2D eigenvalue weighted by molar-refractivity contribution is -0.126. The minimum Gasteiger partial charge on any atom is -0.321 e. The SMILES string of the molecule is NC(C(=O)C1CCC1)C1CC1. The van der Waals surface area contributed by atoms with Crippen molar-refractivity contribution < 1.29 is 4.79 Å². The standard InChI is InChI=1S/C9H15NO/c10-8(6-4-5-6)9(11)7-2-1-3-7/h6-8H,1-5,10H2. The van der Waals surface area contributed by atoms with Gasteiger partial charge in [-0.05, 0) is 31.6 Å². The number of nitrogens with two attached hydrogens (primary N) is 1. The Morgan fingerprint density at radius 3 is 2.27 bits per heavy atom. The maximum absolute atomic E-state index is 11.5. The van der Waals surface area contributed by atoms with E-state index in [0.29, 0.717) is 17.6 Å². The van der Waals surface area contributed by atoms with E-state index in [0.717, 1.165) is 12.8 Å². The zero-order valence-corrected chi connectivity index (χ0v) is 6.75. The first-order valence-corrected chi connectivity index (χ1v) is 4.58. The van der Waals surface area contributed by atoms with Gasteiger partial charge < -0.3 is 5.73 Å². The van der Waals surface area contributed by atoms with Crippen molar-refractivity contribution in [2.75, 3.05) is 0 Å². The quantitative estimate of drug-likeness (QED) is 0.659. The maximum Gasteiger partial charge on any atom is 0.152 e. The van der Waals surface area contributed by atoms with Gasteiger partial charge >= 0.3 is 0 Å². The number of hydrogen-bond acceptors (Lipinski definition) is 2. The molecule has 2 aliphatic carbocycles. The molecular formula is C9H15NO. The molecule has 2 rings (SSSR count). The van der Waals surface area contributed by atoms with Crippen LogP contribution in [0.25, 0.3) is 0 Å². The fourth-order valence-corrected chi connectivity index (χ4v) is 1.65. The van der Waals surface area contributed by atoms with Crippen LogP contribution in [-0.4, -0.2) is 11.8 Å². The smallest absolute Gasteiger partial charge is 0.152 e. The molecule has 0 aromatic heterocycles. The molecule has 0 radical (unpaired) electrons. The van der Waals surface area contributed by atoms with Crippen LogP contribution in [0, 0.1) is 11.8 Å². The lowest BCUT2D eigenvalue weighted by Crippen LogP contribution is -2.39. The average molecular weight is 153 g/mol. The van der Waals surface area contributed by atoms with E-state index in [-0.39, 0.29) is 6.04 Å². The van der Waals surface area contributed by atoms with Gasteiger partial charge in [-0.3, -0.25) is 4.79 Å². The van der Waals surface area contributed by atoms with Gasteiger partial charge in [-0.2, -0.15) is 0 Å². The topological polar surface area (TPSA) is 43.1 Å². The van der Waals surface area contributed by atoms with Crippen LogP contribution in [0.4, 0.5) is 0 Å². The molecule has 0 aromatic rings. The predicted molar refractivity (Wildman–Crippen MR) is 43.0 cm³/mol. The molecule has 1 unspecified atom stereocenters. The molecule has 2 aliphatic rings. The monoisotopic (exact) mass is 153 g/mol. The summed E-state index contributed by atoms with van der Waals surface area (Å²) < 4.78 is 0. The second-order valence-corrected chi connectivity index (χ2v) is 3.89. The molecule has 2 heteroatoms. The Labute approximate surface area is 67.1 Å². The molecule has 0 bridgehead atoms. The molecule has 2 N–H and O–H groups in total. The summed E-state index contributed by atoms with van der Waals surface area (Å²) >= 11 is 0. The molecule has 0 aromatic carbocycles. The molecule has 0 amide bonds. The Morgan fingerprint density at radius 2 is 1.91 bits per heavy atom. The van der Waals surface area contributed by atoms with Crippen molar-refractivity contribution in [2.45, 2.75) is 38.1 Å². The molecule has 2 saturated carbocycles. The largest absolute Gasteiger partial charge is 0.321 e. The summed E-state index contributed by atoms with van der Waals surface area (Å²) in [7, 11) is 0. The van der Waals surface area contributed by atoms with E-state index in [2.05, 4.69) is 0 Å². The van der Waals surface area contributed by atoms with E-state index in [9.17, 15) is 4.79 Å². The van der Waals surface area contributed by atoms with Crippen molar-refractivity contribution in [1.29, 1.82) is 0 Å². The molecule has 0 aliphatic heterocycles. The summed E-state index contributed by atoms with van der Waals surface area (Å²) in [5, 5.41) is 0. The summed E-state index contributed by atoms with van der Waals surface area (Å²) in [4.78, 5) is 11.5. The van der Waals surface area contributed by atoms with Crippen LogP contribution in [-0.2, 0) is 4.79 Å². The highest BCUT2D eigenvalue weighted by atomic mass is 16.1. The summed E-state index contributed by atoms with van der Waals surface area (Å²) in [6.45, 7) is 0. The minimum absolute atomic E-state index is 0.111. The van der Waals surface area contributed by atoms with E-state index in [4.69, 9.17) is 5.73 Å². The maximum atomic E-state index is 11.5. The number of rotatable bonds is 3. The first-order chi connectivity index (χ1) is 5.29. The van der Waals surface area contributed by atoms with Crippen molar-refractivity contribution in [3.05, 3.63) is 0 Å². The lowest BCUT2D eigenvalue weighted by Gasteiger charge is -2.26. The van der Waals surface area contributed by atoms with Crippen LogP contribution in [0.3, 0.4) is 0 Å². The van der Waals surface area contributed by atoms with Crippen LogP contribution >= 0.6 is 0 Å². The highest BCUT2D eigenvalue weighted by molar-refractivity contribution is 5.87. The zero-order chi connectivity index (χ0) is 7.84. The Balaban J connectivity index is 1.86. The molecular weight excluding hydrogens is 138 g/mol. The third kappa shape index (κ3) is 1.32. The Morgan fingerprint density at radius 1 is 1.27 bits per heavy atom. The average Bonchev–Trinajstić information content (AvgIpc) is 2.62. The fraction of sp³-hybridized carbons (Fsp3) is 0.889. The van der Waals surface area contributed by atoms with Gasteiger partial charge in [0.1, 0.15) is 0 Å². The summed E-state index contributed by atoms with van der Waals surface area (Å²) in [5.41, 5.74) is 5.78. The first kappa shape index (κ1) is 7.29. The molecule has 62 valence electrons. The molecule has 1 atom stereocenters. The molecule has 0 saturated heterocycles. The minimum atomic E-state index is -0.111. The third-order valence-corrected chi connectivity index (χ3v) is 2.97. The van der Waals surface area contributed by atoms with Gasteiger partial charge in [0.05, 0.1) is 6.04 Å². The Kier molecular flexibility index (Phi) is 1.72. The van der Waals surface area contributed by atoms with Crippen LogP contribution in [0.5, 0.6) is 0 Å². The van der Waals surface area contributed by atoms with E-state index >= 15 is 0 Å². The zero-order valence-electron chi connectivity index (χ0n) is 6.75. The predicted octanol–water partition coefficient (Wildman–Crippen LogP) is 1.09. The Hall–Kier alpha value is -0.370. The lowest BCUT2D eigenvalue weighted by atomic mass is 9.79. The normalized spacial score (nSPS) is 27.7. The number of Topliss-reactive ketones (excluding diaryl/α,β-unsaturated/α-hetero) is 1. The van der Waals surface area contributed by atoms with Crippen molar-refractivity contribution >= 4 is 5.78 Å². The molecule has 2 fully saturated rings. The van der Waals surface area contributed by atoms with E-state index in [1.807, 2.05) is 0 Å². The van der Waals surface area contributed by atoms with Crippen molar-refractivity contribution in [1.82, 2.24) is 0 Å². The summed E-state index contributed by atoms with van der Waals surface area (Å²) in [6, 6.07) is -0.111. The van der Waals surface area contributed by atoms with Gasteiger partial charge in [0, 0.05) is 5.92 Å². The molecule has 0 spiro atoms. The van der Waals surface area contributed by atoms with E-state index < -0.39 is 0 Å². The third-order valence-electron chi connectivity index (χ3n) is 2.97. The first-order valence-electron chi connectivity index (χ1n) is 4.58. The summed E-state index contributed by atoms with van der Waals surface area (Å²) in [6.07, 6.45) is 5.78. The number of hydrogen-bond donors (Lipinski definition) is 1. The number of ketones is 1. The van der Waals surface area contributed by atoms with Gasteiger partial charge in [-0.1, -0.05) is 6.42 Å². The molecule has 11 heavy (non-hydrogen) atoms. The van der Waals surface area contributed by atoms with Gasteiger partial charge in [0.15, 0.2) is 5.78 Å². The van der Waals surface area contributed by atoms with Gasteiger partial charge in [0.2, 0.25) is 0 Å². The highest BCUT2D eigenvalue weighted by Gasteiger charge is 2.37. The second-order valence-electron chi connectivity index (χ2n) is 3.89. The molecule has 2 nitrogen and oxygen atoms in total. The van der Waals surface area contributed by atoms with Crippen LogP contribution in [0.1, 0.15) is 32.1 Å². The number of carbonyl (C=O) groups is 1. The number of carbonyl (C=O) groups excluding carboxylic acids is 1. The fourth-order valence-electron chi connectivity index (χ4n) is 1.65. The molecule has 0 heterocycles. The van der Waals surface area contributed by atoms with Crippen molar-refractivity contribution in [2.24, 2.45) is 17.6 Å². The summed E-state index contributed by atoms with van der Waals surface area (Å²) in [5.74, 6) is 1.23. The van der Waals surface area contributed by atoms with Crippen LogP contribution in [0.15, 0.2) is 0 Å². The highest BCUT2D eigenvalue weighted by Crippen LogP contribution is 2.36. The van der Waals surface area contributed by atoms with E-state index in [1.165, 1.54) is 19.3 Å². The van der Waals surface area contributed by atoms with Gasteiger partial charge in [-0.25, -0.2) is 0 Å². The van der Waals surface area contributed by atoms with Crippen molar-refractivity contribution in [3.63, 3.8) is 0 Å². The van der Waals surface area contributed by atoms with Gasteiger partial charge in [0.25, 0.3) is 0 Å².